The highest BCUT2D eigenvalue weighted by atomic mass is 31.2. The molecule has 1 unspecified atom stereocenters. The molecule has 3 rings (SSSR count). The van der Waals surface area contributed by atoms with Gasteiger partial charge in [0.25, 0.3) is 0 Å². The summed E-state index contributed by atoms with van der Waals surface area (Å²) < 4.78 is 27.7. The number of carbonyl (C=O) groups excluding carboxylic acids is 1. The summed E-state index contributed by atoms with van der Waals surface area (Å²) in [6.45, 7) is 3.04. The van der Waals surface area contributed by atoms with Crippen LogP contribution in [0.2, 0.25) is 0 Å². The summed E-state index contributed by atoms with van der Waals surface area (Å²) in [6, 6.07) is 0. The molecule has 0 amide bonds. The second-order valence-corrected chi connectivity index (χ2v) is 3.95. The van der Waals surface area contributed by atoms with Gasteiger partial charge in [0.15, 0.2) is 0 Å². The summed E-state index contributed by atoms with van der Waals surface area (Å²) in [6.07, 6.45) is 0.705. The van der Waals surface area contributed by atoms with Crippen LogP contribution in [0.1, 0.15) is 0 Å². The molecule has 0 spiro atoms. The highest BCUT2D eigenvalue weighted by molar-refractivity contribution is 7.50. The Morgan fingerprint density at radius 3 is 2.36 bits per heavy atom. The molecular weight excluding hydrogens is 219 g/mol. The number of fused-ring (bicyclic) bond motifs is 1. The molecule has 0 aromatic heterocycles. The van der Waals surface area contributed by atoms with E-state index in [1.807, 2.05) is 0 Å². The Morgan fingerprint density at radius 2 is 2.00 bits per heavy atom. The SMILES string of the molecule is C=CC(=O)OC1(O)OP2(=O)OC1(O)O2. The molecule has 78 valence electrons. The van der Waals surface area contributed by atoms with Crippen LogP contribution in [-0.2, 0) is 27.7 Å². The maximum Gasteiger partial charge on any atom is 0.489 e. The molecule has 0 aromatic carbocycles. The van der Waals surface area contributed by atoms with E-state index in [-0.39, 0.29) is 0 Å². The molecular formula is C5H5O8P. The summed E-state index contributed by atoms with van der Waals surface area (Å²) in [5.41, 5.74) is 0. The molecule has 2 N–H and O–H groups in total. The summed E-state index contributed by atoms with van der Waals surface area (Å²) in [5, 5.41) is 18.5. The molecule has 2 bridgehead atoms. The van der Waals surface area contributed by atoms with Crippen molar-refractivity contribution in [1.29, 1.82) is 0 Å². The van der Waals surface area contributed by atoms with E-state index in [1.165, 1.54) is 0 Å². The van der Waals surface area contributed by atoms with Crippen molar-refractivity contribution in [3.8, 4) is 0 Å². The molecule has 14 heavy (non-hydrogen) atoms. The van der Waals surface area contributed by atoms with Crippen LogP contribution >= 0.6 is 7.82 Å². The Kier molecular flexibility index (Phi) is 1.70. The van der Waals surface area contributed by atoms with E-state index in [2.05, 4.69) is 24.9 Å². The average molecular weight is 224 g/mol. The zero-order valence-corrected chi connectivity index (χ0v) is 7.47. The normalized spacial score (nSPS) is 49.6. The Labute approximate surface area is 77.3 Å². The number of aliphatic hydroxyl groups is 2. The fourth-order valence-electron chi connectivity index (χ4n) is 0.933. The minimum absolute atomic E-state index is 0.705. The van der Waals surface area contributed by atoms with E-state index in [0.29, 0.717) is 6.08 Å². The Balaban J connectivity index is 2.22. The van der Waals surface area contributed by atoms with Crippen molar-refractivity contribution in [2.45, 2.75) is 11.9 Å². The summed E-state index contributed by atoms with van der Waals surface area (Å²) in [7, 11) is -3.96. The highest BCUT2D eigenvalue weighted by Crippen LogP contribution is 2.76. The number of ether oxygens (including phenoxy) is 1. The van der Waals surface area contributed by atoms with Crippen molar-refractivity contribution in [3.05, 3.63) is 12.7 Å². The molecule has 3 heterocycles. The monoisotopic (exact) mass is 224 g/mol. The van der Waals surface area contributed by atoms with Gasteiger partial charge in [0, 0.05) is 6.08 Å². The van der Waals surface area contributed by atoms with E-state index in [0.717, 1.165) is 0 Å². The fourth-order valence-corrected chi connectivity index (χ4v) is 2.31. The lowest BCUT2D eigenvalue weighted by molar-refractivity contribution is -0.454. The molecule has 1 atom stereocenters. The van der Waals surface area contributed by atoms with Gasteiger partial charge in [0.2, 0.25) is 0 Å². The second kappa shape index (κ2) is 2.43. The average Bonchev–Trinajstić information content (AvgIpc) is 2.28. The first-order valence-corrected chi connectivity index (χ1v) is 4.81. The van der Waals surface area contributed by atoms with Crippen LogP contribution in [-0.4, -0.2) is 28.1 Å². The molecule has 3 fully saturated rings. The van der Waals surface area contributed by atoms with Crippen LogP contribution in [0.4, 0.5) is 0 Å². The third kappa shape index (κ3) is 1.07. The van der Waals surface area contributed by atoms with Crippen molar-refractivity contribution in [1.82, 2.24) is 0 Å². The first-order valence-electron chi connectivity index (χ1n) is 3.35. The van der Waals surface area contributed by atoms with Gasteiger partial charge in [-0.25, -0.2) is 22.9 Å². The zero-order chi connectivity index (χ0) is 10.6. The van der Waals surface area contributed by atoms with Gasteiger partial charge in [-0.1, -0.05) is 6.58 Å². The Hall–Kier alpha value is -0.760. The smallest absolute Gasteiger partial charge is 0.398 e. The van der Waals surface area contributed by atoms with Crippen molar-refractivity contribution in [3.63, 3.8) is 0 Å². The standard InChI is InChI=1S/C5H5O8P/c1-2-3(6)10-4(7)5(8)12-14(9,11-4)13-5/h2,7-8H,1H2. The largest absolute Gasteiger partial charge is 0.489 e. The lowest BCUT2D eigenvalue weighted by atomic mass is 10.4. The summed E-state index contributed by atoms with van der Waals surface area (Å²) in [4.78, 5) is 10.7. The lowest BCUT2D eigenvalue weighted by Crippen LogP contribution is -2.55. The van der Waals surface area contributed by atoms with Crippen LogP contribution in [0.15, 0.2) is 12.7 Å². The Bertz CT molecular complexity index is 353. The van der Waals surface area contributed by atoms with Crippen LogP contribution < -0.4 is 0 Å². The van der Waals surface area contributed by atoms with Gasteiger partial charge >= 0.3 is 25.7 Å². The van der Waals surface area contributed by atoms with Gasteiger partial charge in [0.05, 0.1) is 0 Å². The molecule has 0 saturated carbocycles. The van der Waals surface area contributed by atoms with E-state index in [4.69, 9.17) is 0 Å². The Morgan fingerprint density at radius 1 is 1.43 bits per heavy atom. The molecule has 0 aromatic rings. The molecule has 3 saturated heterocycles. The number of hydrogen-bond acceptors (Lipinski definition) is 8. The topological polar surface area (TPSA) is 112 Å². The minimum atomic E-state index is -3.96. The van der Waals surface area contributed by atoms with Crippen molar-refractivity contribution in [2.24, 2.45) is 0 Å². The first-order chi connectivity index (χ1) is 6.33. The third-order valence-corrected chi connectivity index (χ3v) is 2.92. The molecule has 0 radical (unpaired) electrons. The first kappa shape index (κ1) is 9.78. The maximum absolute atomic E-state index is 11.0. The number of carbonyl (C=O) groups is 1. The van der Waals surface area contributed by atoms with Gasteiger partial charge in [-0.15, -0.1) is 0 Å². The van der Waals surface area contributed by atoms with Gasteiger partial charge < -0.3 is 14.9 Å². The lowest BCUT2D eigenvalue weighted by Gasteiger charge is -2.31. The van der Waals surface area contributed by atoms with Crippen LogP contribution in [0.5, 0.6) is 0 Å². The van der Waals surface area contributed by atoms with Gasteiger partial charge in [-0.05, 0) is 0 Å². The van der Waals surface area contributed by atoms with Gasteiger partial charge in [0.1, 0.15) is 0 Å². The predicted molar refractivity (Wildman–Crippen MR) is 37.1 cm³/mol. The number of esters is 1. The highest BCUT2D eigenvalue weighted by Gasteiger charge is 2.83. The van der Waals surface area contributed by atoms with E-state index >= 15 is 0 Å². The van der Waals surface area contributed by atoms with Crippen LogP contribution in [0.25, 0.3) is 0 Å². The molecule has 8 nitrogen and oxygen atoms in total. The van der Waals surface area contributed by atoms with E-state index in [9.17, 15) is 19.6 Å². The number of phosphoric acid groups is 1. The summed E-state index contributed by atoms with van der Waals surface area (Å²) in [5.74, 6) is -6.76. The van der Waals surface area contributed by atoms with E-state index in [1.54, 1.807) is 0 Å². The number of phosphoric ester groups is 1. The van der Waals surface area contributed by atoms with Crippen molar-refractivity contribution in [2.75, 3.05) is 0 Å². The molecule has 0 aliphatic carbocycles. The number of hydrogen-bond donors (Lipinski definition) is 2. The van der Waals surface area contributed by atoms with Crippen molar-refractivity contribution < 1.29 is 37.9 Å². The van der Waals surface area contributed by atoms with Crippen LogP contribution in [0, 0.1) is 0 Å². The molecule has 3 aliphatic rings. The minimum Gasteiger partial charge on any atom is -0.398 e. The van der Waals surface area contributed by atoms with Crippen LogP contribution in [0.3, 0.4) is 0 Å². The van der Waals surface area contributed by atoms with Gasteiger partial charge in [-0.2, -0.15) is 0 Å². The third-order valence-electron chi connectivity index (χ3n) is 1.51. The van der Waals surface area contributed by atoms with E-state index < -0.39 is 25.7 Å². The molecule has 9 heteroatoms. The fraction of sp³-hybridized carbons (Fsp3) is 0.400. The second-order valence-electron chi connectivity index (χ2n) is 2.51. The molecule has 3 aliphatic heterocycles. The quantitative estimate of drug-likeness (QED) is 0.271. The maximum atomic E-state index is 11.0. The van der Waals surface area contributed by atoms with Crippen molar-refractivity contribution >= 4 is 13.8 Å². The summed E-state index contributed by atoms with van der Waals surface area (Å²) >= 11 is 0. The predicted octanol–water partition coefficient (Wildman–Crippen LogP) is -0.807. The van der Waals surface area contributed by atoms with Gasteiger partial charge in [-0.3, -0.25) is 0 Å². The number of rotatable bonds is 2. The zero-order valence-electron chi connectivity index (χ0n) is 6.58.